The lowest BCUT2D eigenvalue weighted by Crippen LogP contribution is -2.30. The van der Waals surface area contributed by atoms with Crippen LogP contribution in [-0.2, 0) is 20.7 Å². The molecule has 0 aliphatic heterocycles. The minimum absolute atomic E-state index is 0.0746. The number of hydrogen-bond acceptors (Lipinski definition) is 5. The van der Waals surface area contributed by atoms with Crippen molar-refractivity contribution in [2.75, 3.05) is 20.7 Å². The zero-order valence-corrected chi connectivity index (χ0v) is 11.4. The van der Waals surface area contributed by atoms with Crippen LogP contribution in [0.5, 0.6) is 0 Å². The minimum Gasteiger partial charge on any atom is -0.469 e. The molecule has 1 aromatic rings. The van der Waals surface area contributed by atoms with Crippen molar-refractivity contribution in [3.05, 3.63) is 39.9 Å². The Bertz CT molecular complexity index is 515. The van der Waals surface area contributed by atoms with Crippen LogP contribution in [0.2, 0.25) is 0 Å². The molecule has 0 fully saturated rings. The lowest BCUT2D eigenvalue weighted by Gasteiger charge is -2.16. The molecule has 0 aliphatic rings. The number of carbonyl (C=O) groups is 2. The fourth-order valence-electron chi connectivity index (χ4n) is 1.62. The quantitative estimate of drug-likeness (QED) is 0.443. The van der Waals surface area contributed by atoms with Gasteiger partial charge in [-0.2, -0.15) is 0 Å². The number of carbonyl (C=O) groups excluding carboxylic acids is 2. The Labute approximate surface area is 116 Å². The average Bonchev–Trinajstić information content (AvgIpc) is 2.44. The van der Waals surface area contributed by atoms with Gasteiger partial charge < -0.3 is 9.64 Å². The lowest BCUT2D eigenvalue weighted by atomic mass is 10.1. The van der Waals surface area contributed by atoms with Crippen LogP contribution >= 0.6 is 0 Å². The van der Waals surface area contributed by atoms with Crippen molar-refractivity contribution < 1.29 is 19.2 Å². The third-order valence-electron chi connectivity index (χ3n) is 2.83. The van der Waals surface area contributed by atoms with Crippen molar-refractivity contribution >= 4 is 17.6 Å². The molecule has 0 bridgehead atoms. The molecule has 7 nitrogen and oxygen atoms in total. The number of esters is 1. The molecule has 108 valence electrons. The molecule has 1 aromatic carbocycles. The van der Waals surface area contributed by atoms with Gasteiger partial charge in [0.15, 0.2) is 0 Å². The Balaban J connectivity index is 2.66. The fraction of sp³-hybridized carbons (Fsp3) is 0.385. The zero-order valence-electron chi connectivity index (χ0n) is 11.4. The molecule has 20 heavy (non-hydrogen) atoms. The molecule has 0 radical (unpaired) electrons. The average molecular weight is 280 g/mol. The van der Waals surface area contributed by atoms with Gasteiger partial charge in [-0.3, -0.25) is 19.7 Å². The Morgan fingerprint density at radius 2 is 2.00 bits per heavy atom. The van der Waals surface area contributed by atoms with Crippen LogP contribution in [0.3, 0.4) is 0 Å². The van der Waals surface area contributed by atoms with Crippen LogP contribution in [0.4, 0.5) is 5.69 Å². The van der Waals surface area contributed by atoms with Crippen LogP contribution in [0, 0.1) is 10.1 Å². The van der Waals surface area contributed by atoms with Crippen LogP contribution in [0.25, 0.3) is 0 Å². The summed E-state index contributed by atoms with van der Waals surface area (Å²) in [5.74, 6) is -0.696. The number of nitro benzene ring substituents is 1. The second kappa shape index (κ2) is 7.22. The van der Waals surface area contributed by atoms with Gasteiger partial charge in [-0.05, 0) is 0 Å². The van der Waals surface area contributed by atoms with Crippen LogP contribution < -0.4 is 0 Å². The normalized spacial score (nSPS) is 9.90. The first-order valence-electron chi connectivity index (χ1n) is 5.98. The summed E-state index contributed by atoms with van der Waals surface area (Å²) in [6.07, 6.45) is 0.0183. The summed E-state index contributed by atoms with van der Waals surface area (Å²) in [5, 5.41) is 10.8. The van der Waals surface area contributed by atoms with Crippen molar-refractivity contribution in [3.63, 3.8) is 0 Å². The van der Waals surface area contributed by atoms with E-state index in [1.54, 1.807) is 25.2 Å². The third kappa shape index (κ3) is 4.34. The number of methoxy groups -OCH3 is 1. The molecule has 7 heteroatoms. The summed E-state index contributed by atoms with van der Waals surface area (Å²) in [5.41, 5.74) is 0.273. The van der Waals surface area contributed by atoms with Gasteiger partial charge in [-0.1, -0.05) is 18.2 Å². The second-order valence-electron chi connectivity index (χ2n) is 4.20. The molecule has 0 spiro atoms. The summed E-state index contributed by atoms with van der Waals surface area (Å²) in [6.45, 7) is 0.214. The maximum Gasteiger partial charge on any atom is 0.307 e. The van der Waals surface area contributed by atoms with Crippen molar-refractivity contribution in [2.45, 2.75) is 12.8 Å². The topological polar surface area (TPSA) is 89.8 Å². The predicted octanol–water partition coefficient (Wildman–Crippen LogP) is 1.16. The third-order valence-corrected chi connectivity index (χ3v) is 2.83. The van der Waals surface area contributed by atoms with E-state index in [2.05, 4.69) is 4.74 Å². The number of ether oxygens (including phenoxy) is 1. The number of benzene rings is 1. The summed E-state index contributed by atoms with van der Waals surface area (Å²) >= 11 is 0. The van der Waals surface area contributed by atoms with E-state index in [0.29, 0.717) is 5.56 Å². The SMILES string of the molecule is COC(=O)CCN(C)C(=O)Cc1ccccc1[N+](=O)[O-]. The maximum atomic E-state index is 11.9. The van der Waals surface area contributed by atoms with Crippen molar-refractivity contribution in [1.29, 1.82) is 0 Å². The number of hydrogen-bond donors (Lipinski definition) is 0. The van der Waals surface area contributed by atoms with Gasteiger partial charge in [0.05, 0.1) is 24.9 Å². The monoisotopic (exact) mass is 280 g/mol. The Hall–Kier alpha value is -2.44. The molecular weight excluding hydrogens is 264 g/mol. The lowest BCUT2D eigenvalue weighted by molar-refractivity contribution is -0.385. The molecule has 0 atom stereocenters. The standard InChI is InChI=1S/C13H16N2O5/c1-14(8-7-13(17)20-2)12(16)9-10-5-3-4-6-11(10)15(18)19/h3-6H,7-9H2,1-2H3. The molecule has 0 N–H and O–H groups in total. The first kappa shape index (κ1) is 15.6. The van der Waals surface area contributed by atoms with Gasteiger partial charge in [0.2, 0.25) is 5.91 Å². The van der Waals surface area contributed by atoms with E-state index in [9.17, 15) is 19.7 Å². The van der Waals surface area contributed by atoms with Gasteiger partial charge in [-0.25, -0.2) is 0 Å². The Morgan fingerprint density at radius 3 is 2.60 bits per heavy atom. The predicted molar refractivity (Wildman–Crippen MR) is 71.1 cm³/mol. The molecule has 0 saturated heterocycles. The number of para-hydroxylation sites is 1. The molecular formula is C13H16N2O5. The molecule has 0 unspecified atom stereocenters. The van der Waals surface area contributed by atoms with E-state index in [0.717, 1.165) is 0 Å². The van der Waals surface area contributed by atoms with Crippen molar-refractivity contribution in [2.24, 2.45) is 0 Å². The Kier molecular flexibility index (Phi) is 5.64. The van der Waals surface area contributed by atoms with Crippen molar-refractivity contribution in [3.8, 4) is 0 Å². The van der Waals surface area contributed by atoms with Gasteiger partial charge in [-0.15, -0.1) is 0 Å². The van der Waals surface area contributed by atoms with E-state index in [1.165, 1.54) is 18.1 Å². The van der Waals surface area contributed by atoms with E-state index >= 15 is 0 Å². The number of amides is 1. The van der Waals surface area contributed by atoms with E-state index in [-0.39, 0.29) is 31.0 Å². The van der Waals surface area contributed by atoms with E-state index in [4.69, 9.17) is 0 Å². The van der Waals surface area contributed by atoms with Gasteiger partial charge >= 0.3 is 5.97 Å². The van der Waals surface area contributed by atoms with Crippen LogP contribution in [-0.4, -0.2) is 42.4 Å². The van der Waals surface area contributed by atoms with Crippen LogP contribution in [0.15, 0.2) is 24.3 Å². The largest absolute Gasteiger partial charge is 0.469 e. The number of rotatable bonds is 6. The number of nitrogens with zero attached hydrogens (tertiary/aromatic N) is 2. The molecule has 1 rings (SSSR count). The van der Waals surface area contributed by atoms with E-state index < -0.39 is 10.9 Å². The summed E-state index contributed by atoms with van der Waals surface area (Å²) in [4.78, 5) is 34.6. The number of nitro groups is 1. The smallest absolute Gasteiger partial charge is 0.307 e. The molecule has 0 saturated carbocycles. The fourth-order valence-corrected chi connectivity index (χ4v) is 1.62. The first-order valence-corrected chi connectivity index (χ1v) is 5.98. The summed E-state index contributed by atoms with van der Waals surface area (Å²) < 4.78 is 4.48. The van der Waals surface area contributed by atoms with E-state index in [1.807, 2.05) is 0 Å². The minimum atomic E-state index is -0.517. The highest BCUT2D eigenvalue weighted by Crippen LogP contribution is 2.18. The number of likely N-dealkylation sites (N-methyl/N-ethyl adjacent to an activating group) is 1. The molecule has 0 heterocycles. The zero-order chi connectivity index (χ0) is 15.1. The summed E-state index contributed by atoms with van der Waals surface area (Å²) in [6, 6.07) is 6.10. The van der Waals surface area contributed by atoms with Gasteiger partial charge in [0.1, 0.15) is 0 Å². The highest BCUT2D eigenvalue weighted by molar-refractivity contribution is 5.80. The molecule has 0 aliphatic carbocycles. The molecule has 0 aromatic heterocycles. The maximum absolute atomic E-state index is 11.9. The summed E-state index contributed by atoms with van der Waals surface area (Å²) in [7, 11) is 2.82. The van der Waals surface area contributed by atoms with Gasteiger partial charge in [0.25, 0.3) is 5.69 Å². The first-order chi connectivity index (χ1) is 9.45. The van der Waals surface area contributed by atoms with Gasteiger partial charge in [0, 0.05) is 25.2 Å². The second-order valence-corrected chi connectivity index (χ2v) is 4.20. The van der Waals surface area contributed by atoms with Crippen LogP contribution in [0.1, 0.15) is 12.0 Å². The highest BCUT2D eigenvalue weighted by atomic mass is 16.6. The van der Waals surface area contributed by atoms with Crippen molar-refractivity contribution in [1.82, 2.24) is 4.90 Å². The Morgan fingerprint density at radius 1 is 1.35 bits per heavy atom. The highest BCUT2D eigenvalue weighted by Gasteiger charge is 2.18. The molecule has 1 amide bonds.